The lowest BCUT2D eigenvalue weighted by Gasteiger charge is -2.26. The number of carbonyl (C=O) groups is 2. The Bertz CT molecular complexity index is 1000. The van der Waals surface area contributed by atoms with Crippen LogP contribution in [-0.4, -0.2) is 57.4 Å². The normalized spacial score (nSPS) is 16.2. The summed E-state index contributed by atoms with van der Waals surface area (Å²) < 4.78 is 45.3. The maximum Gasteiger partial charge on any atom is 0.262 e. The molecule has 0 radical (unpaired) electrons. The highest BCUT2D eigenvalue weighted by Gasteiger charge is 2.31. The molecule has 1 aliphatic rings. The number of hydrogen-bond donors (Lipinski definition) is 2. The number of carbonyl (C=O) groups excluding carboxylic acids is 2. The van der Waals surface area contributed by atoms with Gasteiger partial charge in [-0.15, -0.1) is 11.3 Å². The smallest absolute Gasteiger partial charge is 0.262 e. The maximum absolute atomic E-state index is 13.1. The minimum Gasteiger partial charge on any atom is -0.379 e. The summed E-state index contributed by atoms with van der Waals surface area (Å²) in [7, 11) is -3.83. The Balaban J connectivity index is 1.69. The molecule has 0 spiro atoms. The summed E-state index contributed by atoms with van der Waals surface area (Å²) in [4.78, 5) is 24.4. The van der Waals surface area contributed by atoms with Crippen LogP contribution in [0, 0.1) is 11.7 Å². The van der Waals surface area contributed by atoms with Crippen molar-refractivity contribution in [3.8, 4) is 0 Å². The average Bonchev–Trinajstić information content (AvgIpc) is 3.23. The fraction of sp³-hybridized carbons (Fsp3) is 0.368. The summed E-state index contributed by atoms with van der Waals surface area (Å²) >= 11 is 1.01. The fourth-order valence-electron chi connectivity index (χ4n) is 3.07. The Morgan fingerprint density at radius 3 is 2.50 bits per heavy atom. The quantitative estimate of drug-likeness (QED) is 0.615. The Kier molecular flexibility index (Phi) is 7.19. The van der Waals surface area contributed by atoms with E-state index in [2.05, 4.69) is 5.32 Å². The minimum absolute atomic E-state index is 0.0477. The van der Waals surface area contributed by atoms with Crippen LogP contribution in [0.25, 0.3) is 0 Å². The molecule has 0 aliphatic carbocycles. The number of halogens is 1. The largest absolute Gasteiger partial charge is 0.379 e. The highest BCUT2D eigenvalue weighted by molar-refractivity contribution is 7.89. The number of thiophene rings is 1. The van der Waals surface area contributed by atoms with Gasteiger partial charge in [0.05, 0.1) is 19.1 Å². The summed E-state index contributed by atoms with van der Waals surface area (Å²) in [5, 5.41) is 4.14. The van der Waals surface area contributed by atoms with Gasteiger partial charge in [-0.25, -0.2) is 12.8 Å². The molecule has 162 valence electrons. The van der Waals surface area contributed by atoms with Crippen molar-refractivity contribution in [1.82, 2.24) is 9.62 Å². The number of nitrogens with one attached hydrogen (secondary N) is 1. The van der Waals surface area contributed by atoms with Crippen LogP contribution in [0.2, 0.25) is 0 Å². The summed E-state index contributed by atoms with van der Waals surface area (Å²) in [6, 6.07) is 7.04. The fourth-order valence-corrected chi connectivity index (χ4v) is 5.79. The SMILES string of the molecule is NC(=O)C(CNC(=O)c1sccc1S(=O)(=O)N1CCOCC1)Cc1ccc(F)cc1. The lowest BCUT2D eigenvalue weighted by atomic mass is 9.98. The number of sulfonamides is 1. The van der Waals surface area contributed by atoms with Crippen LogP contribution in [-0.2, 0) is 26.0 Å². The van der Waals surface area contributed by atoms with E-state index < -0.39 is 33.6 Å². The molecule has 3 N–H and O–H groups in total. The Morgan fingerprint density at radius 2 is 1.87 bits per heavy atom. The predicted octanol–water partition coefficient (Wildman–Crippen LogP) is 0.982. The molecule has 1 aromatic heterocycles. The van der Waals surface area contributed by atoms with Crippen molar-refractivity contribution >= 4 is 33.2 Å². The van der Waals surface area contributed by atoms with Crippen molar-refractivity contribution < 1.29 is 27.1 Å². The third-order valence-electron chi connectivity index (χ3n) is 4.73. The van der Waals surface area contributed by atoms with E-state index in [4.69, 9.17) is 10.5 Å². The zero-order chi connectivity index (χ0) is 21.7. The third-order valence-corrected chi connectivity index (χ3v) is 7.71. The van der Waals surface area contributed by atoms with Gasteiger partial charge in [0, 0.05) is 19.6 Å². The highest BCUT2D eigenvalue weighted by atomic mass is 32.2. The zero-order valence-electron chi connectivity index (χ0n) is 16.0. The molecule has 1 atom stereocenters. The first-order valence-electron chi connectivity index (χ1n) is 9.26. The maximum atomic E-state index is 13.1. The van der Waals surface area contributed by atoms with Gasteiger partial charge in [0.15, 0.2) is 0 Å². The molecule has 8 nitrogen and oxygen atoms in total. The molecule has 1 saturated heterocycles. The average molecular weight is 456 g/mol. The van der Waals surface area contributed by atoms with Crippen molar-refractivity contribution in [3.05, 3.63) is 52.0 Å². The summed E-state index contributed by atoms with van der Waals surface area (Å²) in [6.07, 6.45) is 0.221. The van der Waals surface area contributed by atoms with Crippen molar-refractivity contribution in [2.24, 2.45) is 11.7 Å². The van der Waals surface area contributed by atoms with Gasteiger partial charge in [0.1, 0.15) is 15.6 Å². The molecule has 0 saturated carbocycles. The summed E-state index contributed by atoms with van der Waals surface area (Å²) in [5.74, 6) is -2.33. The molecule has 1 aromatic carbocycles. The molecular weight excluding hydrogens is 433 g/mol. The van der Waals surface area contributed by atoms with Gasteiger partial charge >= 0.3 is 0 Å². The predicted molar refractivity (Wildman–Crippen MR) is 109 cm³/mol. The number of rotatable bonds is 8. The summed E-state index contributed by atoms with van der Waals surface area (Å²) in [6.45, 7) is 0.977. The van der Waals surface area contributed by atoms with Gasteiger partial charge in [-0.2, -0.15) is 4.31 Å². The van der Waals surface area contributed by atoms with Crippen molar-refractivity contribution in [2.45, 2.75) is 11.3 Å². The van der Waals surface area contributed by atoms with E-state index in [1.165, 1.54) is 27.9 Å². The van der Waals surface area contributed by atoms with Crippen LogP contribution in [0.3, 0.4) is 0 Å². The topological polar surface area (TPSA) is 119 Å². The second-order valence-electron chi connectivity index (χ2n) is 6.77. The van der Waals surface area contributed by atoms with Gasteiger partial charge in [0.2, 0.25) is 15.9 Å². The van der Waals surface area contributed by atoms with Crippen molar-refractivity contribution in [1.29, 1.82) is 0 Å². The van der Waals surface area contributed by atoms with Crippen LogP contribution in [0.1, 0.15) is 15.2 Å². The van der Waals surface area contributed by atoms with E-state index >= 15 is 0 Å². The number of ether oxygens (including phenoxy) is 1. The Morgan fingerprint density at radius 1 is 1.20 bits per heavy atom. The molecule has 2 aromatic rings. The number of nitrogens with two attached hydrogens (primary N) is 1. The van der Waals surface area contributed by atoms with Gasteiger partial charge in [-0.1, -0.05) is 12.1 Å². The molecule has 3 rings (SSSR count). The molecule has 2 heterocycles. The monoisotopic (exact) mass is 455 g/mol. The Labute approximate surface area is 177 Å². The number of hydrogen-bond acceptors (Lipinski definition) is 6. The highest BCUT2D eigenvalue weighted by Crippen LogP contribution is 2.26. The van der Waals surface area contributed by atoms with E-state index in [0.717, 1.165) is 11.3 Å². The second kappa shape index (κ2) is 9.65. The first-order chi connectivity index (χ1) is 14.3. The third kappa shape index (κ3) is 5.22. The lowest BCUT2D eigenvalue weighted by Crippen LogP contribution is -2.41. The number of amides is 2. The molecular formula is C19H22FN3O5S2. The number of nitrogens with zero attached hydrogens (tertiary/aromatic N) is 1. The molecule has 1 fully saturated rings. The van der Waals surface area contributed by atoms with E-state index in [1.54, 1.807) is 12.1 Å². The van der Waals surface area contributed by atoms with E-state index in [9.17, 15) is 22.4 Å². The molecule has 30 heavy (non-hydrogen) atoms. The molecule has 1 aliphatic heterocycles. The van der Waals surface area contributed by atoms with Crippen LogP contribution in [0.4, 0.5) is 4.39 Å². The van der Waals surface area contributed by atoms with Crippen LogP contribution >= 0.6 is 11.3 Å². The molecule has 2 amide bonds. The molecule has 1 unspecified atom stereocenters. The minimum atomic E-state index is -3.83. The molecule has 11 heteroatoms. The number of primary amides is 1. The van der Waals surface area contributed by atoms with Crippen molar-refractivity contribution in [3.63, 3.8) is 0 Å². The van der Waals surface area contributed by atoms with Crippen molar-refractivity contribution in [2.75, 3.05) is 32.8 Å². The van der Waals surface area contributed by atoms with Crippen LogP contribution < -0.4 is 11.1 Å². The number of morpholine rings is 1. The van der Waals surface area contributed by atoms with E-state index in [0.29, 0.717) is 18.8 Å². The van der Waals surface area contributed by atoms with Crippen LogP contribution in [0.5, 0.6) is 0 Å². The number of benzene rings is 1. The second-order valence-corrected chi connectivity index (χ2v) is 9.59. The molecule has 0 bridgehead atoms. The van der Waals surface area contributed by atoms with Gasteiger partial charge in [-0.3, -0.25) is 9.59 Å². The van der Waals surface area contributed by atoms with E-state index in [1.807, 2.05) is 0 Å². The zero-order valence-corrected chi connectivity index (χ0v) is 17.7. The van der Waals surface area contributed by atoms with Gasteiger partial charge in [-0.05, 0) is 35.6 Å². The van der Waals surface area contributed by atoms with Gasteiger partial charge < -0.3 is 15.8 Å². The van der Waals surface area contributed by atoms with E-state index in [-0.39, 0.29) is 35.8 Å². The summed E-state index contributed by atoms with van der Waals surface area (Å²) in [5.41, 5.74) is 6.14. The lowest BCUT2D eigenvalue weighted by molar-refractivity contribution is -0.121. The Hall–Kier alpha value is -2.34. The van der Waals surface area contributed by atoms with Gasteiger partial charge in [0.25, 0.3) is 5.91 Å². The van der Waals surface area contributed by atoms with Crippen LogP contribution in [0.15, 0.2) is 40.6 Å². The first kappa shape index (κ1) is 22.3. The standard InChI is InChI=1S/C19H22FN3O5S2/c20-15-3-1-13(2-4-15)11-14(18(21)24)12-22-19(25)17-16(5-10-29-17)30(26,27)23-6-8-28-9-7-23/h1-5,10,14H,6-9,11-12H2,(H2,21,24)(H,22,25). The first-order valence-corrected chi connectivity index (χ1v) is 11.6.